The van der Waals surface area contributed by atoms with Gasteiger partial charge in [-0.3, -0.25) is 0 Å². The van der Waals surface area contributed by atoms with Crippen LogP contribution in [0.5, 0.6) is 0 Å². The lowest BCUT2D eigenvalue weighted by Crippen LogP contribution is -2.28. The van der Waals surface area contributed by atoms with Gasteiger partial charge in [0.1, 0.15) is 13.4 Å². The van der Waals surface area contributed by atoms with Gasteiger partial charge in [-0.15, -0.1) is 0 Å². The Hall–Kier alpha value is -2.44. The Morgan fingerprint density at radius 3 is 2.00 bits per heavy atom. The summed E-state index contributed by atoms with van der Waals surface area (Å²) < 4.78 is 15.0. The van der Waals surface area contributed by atoms with E-state index >= 15 is 4.57 Å². The third-order valence-electron chi connectivity index (χ3n) is 5.96. The first kappa shape index (κ1) is 17.9. The normalized spacial score (nSPS) is 27.3. The molecule has 1 aliphatic heterocycles. The Bertz CT molecular complexity index is 953. The van der Waals surface area contributed by atoms with Crippen molar-refractivity contribution in [3.63, 3.8) is 0 Å². The van der Waals surface area contributed by atoms with Crippen molar-refractivity contribution in [2.45, 2.75) is 30.1 Å². The Kier molecular flexibility index (Phi) is 4.85. The van der Waals surface area contributed by atoms with Crippen molar-refractivity contribution in [3.8, 4) is 0 Å². The topological polar surface area (TPSA) is 34.1 Å². The first-order valence-electron chi connectivity index (χ1n) is 9.42. The quantitative estimate of drug-likeness (QED) is 0.424. The number of benzene rings is 3. The molecule has 1 fully saturated rings. The molecule has 4 rings (SSSR count). The van der Waals surface area contributed by atoms with Crippen molar-refractivity contribution in [1.29, 1.82) is 0 Å². The molecular weight excluding hydrogens is 351 g/mol. The molecule has 0 N–H and O–H groups in total. The van der Waals surface area contributed by atoms with Crippen LogP contribution in [0.2, 0.25) is 0 Å². The average molecular weight is 374 g/mol. The minimum Gasteiger partial charge on any atom is -0.317 e. The minimum atomic E-state index is -2.97. The molecule has 3 aromatic carbocycles. The third-order valence-corrected chi connectivity index (χ3v) is 10.4. The molecule has 1 heterocycles. The van der Waals surface area contributed by atoms with Crippen LogP contribution in [0.3, 0.4) is 0 Å². The molecule has 2 nitrogen and oxygen atoms in total. The highest BCUT2D eigenvalue weighted by molar-refractivity contribution is 7.73. The number of hydrogen-bond acceptors (Lipinski definition) is 2. The average Bonchev–Trinajstić information content (AvgIpc) is 3.04. The van der Waals surface area contributed by atoms with Gasteiger partial charge in [-0.05, 0) is 24.0 Å². The SMILES string of the molecule is O=CC[C@]1(c2ccccc2)CC[C@@H](c2ccccc2)[P@@]1(=O)c1ccccc1. The molecule has 136 valence electrons. The molecule has 0 unspecified atom stereocenters. The maximum atomic E-state index is 15.0. The second-order valence-electron chi connectivity index (χ2n) is 7.23. The highest BCUT2D eigenvalue weighted by Gasteiger charge is 2.58. The number of carbonyl (C=O) groups excluding carboxylic acids is 1. The van der Waals surface area contributed by atoms with E-state index in [1.807, 2.05) is 78.9 Å². The summed E-state index contributed by atoms with van der Waals surface area (Å²) in [6.07, 6.45) is 2.81. The van der Waals surface area contributed by atoms with E-state index in [4.69, 9.17) is 0 Å². The Labute approximate surface area is 160 Å². The van der Waals surface area contributed by atoms with Gasteiger partial charge in [0.2, 0.25) is 0 Å². The van der Waals surface area contributed by atoms with E-state index in [1.54, 1.807) is 0 Å². The van der Waals surface area contributed by atoms with Gasteiger partial charge < -0.3 is 9.36 Å². The van der Waals surface area contributed by atoms with Crippen LogP contribution in [0.1, 0.15) is 36.0 Å². The van der Waals surface area contributed by atoms with Crippen LogP contribution in [-0.4, -0.2) is 6.29 Å². The molecule has 3 heteroatoms. The van der Waals surface area contributed by atoms with Crippen LogP contribution in [-0.2, 0) is 14.5 Å². The predicted octanol–water partition coefficient (Wildman–Crippen LogP) is 5.69. The van der Waals surface area contributed by atoms with Gasteiger partial charge in [0.05, 0.1) is 5.16 Å². The van der Waals surface area contributed by atoms with Crippen LogP contribution >= 0.6 is 7.14 Å². The predicted molar refractivity (Wildman–Crippen MR) is 111 cm³/mol. The molecule has 1 aliphatic rings. The second kappa shape index (κ2) is 7.29. The largest absolute Gasteiger partial charge is 0.317 e. The van der Waals surface area contributed by atoms with Gasteiger partial charge in [-0.2, -0.15) is 0 Å². The fourth-order valence-electron chi connectivity index (χ4n) is 4.73. The van der Waals surface area contributed by atoms with Gasteiger partial charge >= 0.3 is 0 Å². The van der Waals surface area contributed by atoms with E-state index in [0.29, 0.717) is 0 Å². The molecule has 0 radical (unpaired) electrons. The first-order chi connectivity index (χ1) is 13.2. The fourth-order valence-corrected chi connectivity index (χ4v) is 9.22. The monoisotopic (exact) mass is 374 g/mol. The van der Waals surface area contributed by atoms with Crippen molar-refractivity contribution >= 4 is 18.7 Å². The van der Waals surface area contributed by atoms with Gasteiger partial charge in [-0.25, -0.2) is 0 Å². The van der Waals surface area contributed by atoms with Gasteiger partial charge in [0.25, 0.3) is 0 Å². The van der Waals surface area contributed by atoms with Crippen LogP contribution in [0, 0.1) is 0 Å². The standard InChI is InChI=1S/C24H23O2P/c25-19-18-24(21-12-6-2-7-13-21)17-16-23(20-10-4-1-5-11-20)27(24,26)22-14-8-3-9-15-22/h1-15,19,23H,16-18H2/t23-,24-,27-/m0/s1. The lowest BCUT2D eigenvalue weighted by atomic mass is 9.90. The van der Waals surface area contributed by atoms with E-state index in [9.17, 15) is 4.79 Å². The van der Waals surface area contributed by atoms with E-state index in [0.717, 1.165) is 35.6 Å². The Morgan fingerprint density at radius 2 is 1.41 bits per heavy atom. The summed E-state index contributed by atoms with van der Waals surface area (Å²) in [5.41, 5.74) is 2.05. The molecule has 0 aromatic heterocycles. The molecule has 3 atom stereocenters. The molecule has 0 amide bonds. The zero-order valence-electron chi connectivity index (χ0n) is 15.2. The Morgan fingerprint density at radius 1 is 0.852 bits per heavy atom. The summed E-state index contributed by atoms with van der Waals surface area (Å²) in [7, 11) is -2.97. The highest BCUT2D eigenvalue weighted by atomic mass is 31.2. The summed E-state index contributed by atoms with van der Waals surface area (Å²) in [6, 6.07) is 29.9. The number of rotatable bonds is 5. The number of aldehydes is 1. The summed E-state index contributed by atoms with van der Waals surface area (Å²) in [6.45, 7) is 0. The maximum Gasteiger partial charge on any atom is 0.133 e. The van der Waals surface area contributed by atoms with E-state index in [2.05, 4.69) is 12.1 Å². The molecule has 3 aromatic rings. The summed E-state index contributed by atoms with van der Waals surface area (Å²) in [4.78, 5) is 11.8. The van der Waals surface area contributed by atoms with Crippen LogP contribution in [0.25, 0.3) is 0 Å². The fraction of sp³-hybridized carbons (Fsp3) is 0.208. The molecule has 0 bridgehead atoms. The van der Waals surface area contributed by atoms with E-state index in [1.165, 1.54) is 0 Å². The van der Waals surface area contributed by atoms with Gasteiger partial charge in [-0.1, -0.05) is 91.0 Å². The summed E-state index contributed by atoms with van der Waals surface area (Å²) in [5.74, 6) is 0. The number of hydrogen-bond donors (Lipinski definition) is 0. The van der Waals surface area contributed by atoms with Crippen LogP contribution in [0.4, 0.5) is 0 Å². The minimum absolute atomic E-state index is 0.0683. The molecule has 0 spiro atoms. The summed E-state index contributed by atoms with van der Waals surface area (Å²) >= 11 is 0. The lowest BCUT2D eigenvalue weighted by Gasteiger charge is -2.37. The molecule has 1 saturated heterocycles. The molecule has 27 heavy (non-hydrogen) atoms. The van der Waals surface area contributed by atoms with Crippen molar-refractivity contribution in [3.05, 3.63) is 102 Å². The summed E-state index contributed by atoms with van der Waals surface area (Å²) in [5, 5.41) is 0.236. The third kappa shape index (κ3) is 2.80. The molecule has 0 aliphatic carbocycles. The lowest BCUT2D eigenvalue weighted by molar-refractivity contribution is -0.108. The van der Waals surface area contributed by atoms with Crippen molar-refractivity contribution in [2.75, 3.05) is 0 Å². The first-order valence-corrected chi connectivity index (χ1v) is 11.2. The smallest absolute Gasteiger partial charge is 0.133 e. The van der Waals surface area contributed by atoms with Gasteiger partial charge in [0.15, 0.2) is 0 Å². The second-order valence-corrected chi connectivity index (χ2v) is 10.5. The molecular formula is C24H23O2P. The van der Waals surface area contributed by atoms with Crippen molar-refractivity contribution in [1.82, 2.24) is 0 Å². The number of carbonyl (C=O) groups is 1. The van der Waals surface area contributed by atoms with Crippen molar-refractivity contribution in [2.24, 2.45) is 0 Å². The van der Waals surface area contributed by atoms with Crippen LogP contribution in [0.15, 0.2) is 91.0 Å². The Balaban J connectivity index is 1.99. The van der Waals surface area contributed by atoms with Crippen LogP contribution < -0.4 is 5.30 Å². The maximum absolute atomic E-state index is 15.0. The van der Waals surface area contributed by atoms with Gasteiger partial charge in [0, 0.05) is 17.4 Å². The zero-order chi connectivity index (χ0) is 18.7. The van der Waals surface area contributed by atoms with Crippen molar-refractivity contribution < 1.29 is 9.36 Å². The van der Waals surface area contributed by atoms with E-state index in [-0.39, 0.29) is 12.1 Å². The molecule has 0 saturated carbocycles. The van der Waals surface area contributed by atoms with E-state index < -0.39 is 12.3 Å². The highest BCUT2D eigenvalue weighted by Crippen LogP contribution is 2.79. The zero-order valence-corrected chi connectivity index (χ0v) is 16.1.